The zero-order chi connectivity index (χ0) is 11.9. The zero-order valence-corrected chi connectivity index (χ0v) is 8.86. The van der Waals surface area contributed by atoms with Crippen molar-refractivity contribution in [1.29, 1.82) is 0 Å². The van der Waals surface area contributed by atoms with Crippen molar-refractivity contribution in [2.24, 2.45) is 11.7 Å². The summed E-state index contributed by atoms with van der Waals surface area (Å²) < 4.78 is 0. The number of nitrogen functional groups attached to an aromatic ring is 1. The highest BCUT2D eigenvalue weighted by Gasteiger charge is 2.36. The smallest absolute Gasteiger partial charge is 0.228 e. The molecule has 0 radical (unpaired) electrons. The van der Waals surface area contributed by atoms with E-state index in [0.717, 1.165) is 0 Å². The lowest BCUT2D eigenvalue weighted by molar-refractivity contribution is -0.123. The highest BCUT2D eigenvalue weighted by molar-refractivity contribution is 6.02. The summed E-state index contributed by atoms with van der Waals surface area (Å²) in [7, 11) is 0. The second-order valence-corrected chi connectivity index (χ2v) is 3.89. The molecule has 1 unspecified atom stereocenters. The molecule has 1 atom stereocenters. The van der Waals surface area contributed by atoms with Crippen molar-refractivity contribution in [3.8, 4) is 0 Å². The third-order valence-electron chi connectivity index (χ3n) is 2.74. The first-order chi connectivity index (χ1) is 7.50. The van der Waals surface area contributed by atoms with Gasteiger partial charge in [0, 0.05) is 13.0 Å². The molecule has 7 nitrogen and oxygen atoms in total. The predicted octanol–water partition coefficient (Wildman–Crippen LogP) is -0.861. The van der Waals surface area contributed by atoms with E-state index in [1.165, 1.54) is 4.90 Å². The van der Waals surface area contributed by atoms with Gasteiger partial charge in [-0.2, -0.15) is 5.10 Å². The molecule has 1 aliphatic rings. The van der Waals surface area contributed by atoms with Gasteiger partial charge in [-0.1, -0.05) is 0 Å². The Hall–Kier alpha value is -2.05. The highest BCUT2D eigenvalue weighted by Crippen LogP contribution is 2.30. The van der Waals surface area contributed by atoms with E-state index < -0.39 is 11.8 Å². The number of anilines is 2. The molecule has 0 bridgehead atoms. The number of primary amides is 1. The number of hydrogen-bond acceptors (Lipinski definition) is 4. The maximum atomic E-state index is 11.7. The quantitative estimate of drug-likeness (QED) is 0.604. The average molecular weight is 223 g/mol. The molecule has 0 aliphatic carbocycles. The average Bonchev–Trinajstić information content (AvgIpc) is 2.71. The summed E-state index contributed by atoms with van der Waals surface area (Å²) in [5.74, 6) is -0.798. The fourth-order valence-electron chi connectivity index (χ4n) is 1.90. The Morgan fingerprint density at radius 3 is 2.75 bits per heavy atom. The van der Waals surface area contributed by atoms with Crippen LogP contribution in [0.3, 0.4) is 0 Å². The van der Waals surface area contributed by atoms with Crippen LogP contribution in [0.5, 0.6) is 0 Å². The Labute approximate surface area is 91.8 Å². The van der Waals surface area contributed by atoms with Gasteiger partial charge in [-0.05, 0) is 6.92 Å². The van der Waals surface area contributed by atoms with E-state index in [4.69, 9.17) is 11.5 Å². The van der Waals surface area contributed by atoms with Crippen LogP contribution in [0.1, 0.15) is 12.1 Å². The molecule has 1 aliphatic heterocycles. The van der Waals surface area contributed by atoms with Crippen molar-refractivity contribution in [3.05, 3.63) is 5.69 Å². The van der Waals surface area contributed by atoms with E-state index in [9.17, 15) is 9.59 Å². The molecule has 0 saturated carbocycles. The van der Waals surface area contributed by atoms with Gasteiger partial charge in [-0.3, -0.25) is 14.7 Å². The summed E-state index contributed by atoms with van der Waals surface area (Å²) in [6, 6.07) is 0. The molecule has 2 rings (SSSR count). The van der Waals surface area contributed by atoms with Crippen LogP contribution in [0, 0.1) is 12.8 Å². The molecule has 2 heterocycles. The summed E-state index contributed by atoms with van der Waals surface area (Å²) in [6.45, 7) is 2.04. The van der Waals surface area contributed by atoms with Crippen LogP contribution in [0.2, 0.25) is 0 Å². The summed E-state index contributed by atoms with van der Waals surface area (Å²) in [5.41, 5.74) is 12.1. The van der Waals surface area contributed by atoms with Crippen molar-refractivity contribution in [2.45, 2.75) is 13.3 Å². The molecule has 1 saturated heterocycles. The van der Waals surface area contributed by atoms with Crippen LogP contribution >= 0.6 is 0 Å². The van der Waals surface area contributed by atoms with Gasteiger partial charge in [0.25, 0.3) is 0 Å². The number of carbonyl (C=O) groups is 2. The topological polar surface area (TPSA) is 118 Å². The van der Waals surface area contributed by atoms with Crippen molar-refractivity contribution in [3.63, 3.8) is 0 Å². The second-order valence-electron chi connectivity index (χ2n) is 3.89. The zero-order valence-electron chi connectivity index (χ0n) is 8.86. The third kappa shape index (κ3) is 1.50. The van der Waals surface area contributed by atoms with Crippen molar-refractivity contribution < 1.29 is 9.59 Å². The molecular weight excluding hydrogens is 210 g/mol. The van der Waals surface area contributed by atoms with Gasteiger partial charge in [0.15, 0.2) is 5.82 Å². The van der Waals surface area contributed by atoms with Gasteiger partial charge in [0.05, 0.1) is 11.6 Å². The van der Waals surface area contributed by atoms with Crippen LogP contribution in [0.25, 0.3) is 0 Å². The Kier molecular flexibility index (Phi) is 2.30. The van der Waals surface area contributed by atoms with Crippen LogP contribution in [-0.2, 0) is 9.59 Å². The fourth-order valence-corrected chi connectivity index (χ4v) is 1.90. The number of aryl methyl sites for hydroxylation is 1. The molecule has 1 aromatic rings. The number of nitrogens with zero attached hydrogens (tertiary/aromatic N) is 2. The van der Waals surface area contributed by atoms with Crippen LogP contribution < -0.4 is 16.4 Å². The normalized spacial score (nSPS) is 20.4. The Morgan fingerprint density at radius 2 is 2.31 bits per heavy atom. The minimum Gasteiger partial charge on any atom is -0.380 e. The first kappa shape index (κ1) is 10.5. The van der Waals surface area contributed by atoms with Crippen molar-refractivity contribution in [1.82, 2.24) is 10.2 Å². The van der Waals surface area contributed by atoms with Gasteiger partial charge in [0.2, 0.25) is 11.8 Å². The Balaban J connectivity index is 2.30. The SMILES string of the molecule is Cc1[nH]nc(N)c1N1CC(C(N)=O)CC1=O. The van der Waals surface area contributed by atoms with Gasteiger partial charge < -0.3 is 16.4 Å². The molecule has 1 aromatic heterocycles. The van der Waals surface area contributed by atoms with Gasteiger partial charge in [-0.25, -0.2) is 0 Å². The number of nitrogens with two attached hydrogens (primary N) is 2. The first-order valence-corrected chi connectivity index (χ1v) is 4.90. The van der Waals surface area contributed by atoms with Gasteiger partial charge in [0.1, 0.15) is 5.69 Å². The van der Waals surface area contributed by atoms with E-state index in [2.05, 4.69) is 10.2 Å². The molecule has 0 aromatic carbocycles. The van der Waals surface area contributed by atoms with Crippen molar-refractivity contribution >= 4 is 23.3 Å². The van der Waals surface area contributed by atoms with Gasteiger partial charge in [-0.15, -0.1) is 0 Å². The van der Waals surface area contributed by atoms with Crippen LogP contribution in [-0.4, -0.2) is 28.6 Å². The van der Waals surface area contributed by atoms with Crippen LogP contribution in [0.15, 0.2) is 0 Å². The van der Waals surface area contributed by atoms with E-state index in [-0.39, 0.29) is 24.7 Å². The summed E-state index contributed by atoms with van der Waals surface area (Å²) in [6.07, 6.45) is 0.138. The standard InChI is InChI=1S/C9H13N5O2/c1-4-7(8(10)13-12-4)14-3-5(9(11)16)2-6(14)15/h5H,2-3H2,1H3,(H2,11,16)(H3,10,12,13). The summed E-state index contributed by atoms with van der Waals surface area (Å²) in [4.78, 5) is 24.2. The van der Waals surface area contributed by atoms with Gasteiger partial charge >= 0.3 is 0 Å². The lowest BCUT2D eigenvalue weighted by atomic mass is 10.1. The molecule has 16 heavy (non-hydrogen) atoms. The molecule has 7 heteroatoms. The van der Waals surface area contributed by atoms with Crippen molar-refractivity contribution in [2.75, 3.05) is 17.2 Å². The Bertz CT molecular complexity index is 433. The molecule has 1 fully saturated rings. The lowest BCUT2D eigenvalue weighted by Crippen LogP contribution is -2.29. The predicted molar refractivity (Wildman–Crippen MR) is 57.4 cm³/mol. The van der Waals surface area contributed by atoms with Crippen LogP contribution in [0.4, 0.5) is 11.5 Å². The number of aromatic nitrogens is 2. The molecule has 86 valence electrons. The monoisotopic (exact) mass is 223 g/mol. The summed E-state index contributed by atoms with van der Waals surface area (Å²) in [5, 5.41) is 6.50. The number of rotatable bonds is 2. The number of hydrogen-bond donors (Lipinski definition) is 3. The minimum atomic E-state index is -0.462. The largest absolute Gasteiger partial charge is 0.380 e. The number of aromatic amines is 1. The number of nitrogens with one attached hydrogen (secondary N) is 1. The maximum Gasteiger partial charge on any atom is 0.228 e. The number of H-pyrrole nitrogens is 1. The molecule has 0 spiro atoms. The fraction of sp³-hybridized carbons (Fsp3) is 0.444. The van der Waals surface area contributed by atoms with E-state index in [1.54, 1.807) is 6.92 Å². The first-order valence-electron chi connectivity index (χ1n) is 4.90. The van der Waals surface area contributed by atoms with E-state index >= 15 is 0 Å². The highest BCUT2D eigenvalue weighted by atomic mass is 16.2. The summed E-state index contributed by atoms with van der Waals surface area (Å²) >= 11 is 0. The number of amides is 2. The minimum absolute atomic E-state index is 0.138. The van der Waals surface area contributed by atoms with E-state index in [0.29, 0.717) is 11.4 Å². The molecular formula is C9H13N5O2. The number of carbonyl (C=O) groups excluding carboxylic acids is 2. The molecule has 5 N–H and O–H groups in total. The lowest BCUT2D eigenvalue weighted by Gasteiger charge is -2.15. The maximum absolute atomic E-state index is 11.7. The third-order valence-corrected chi connectivity index (χ3v) is 2.74. The molecule has 2 amide bonds. The van der Waals surface area contributed by atoms with E-state index in [1.807, 2.05) is 0 Å². The Morgan fingerprint density at radius 1 is 1.62 bits per heavy atom. The second kappa shape index (κ2) is 3.51.